The number of hydrogen-bond donors (Lipinski definition) is 0. The maximum Gasteiger partial charge on any atom is 0.235 e. The minimum Gasteiger partial charge on any atom is -0.378 e. The van der Waals surface area contributed by atoms with Gasteiger partial charge in [-0.3, -0.25) is 0 Å². The summed E-state index contributed by atoms with van der Waals surface area (Å²) in [6.45, 7) is 3.64. The van der Waals surface area contributed by atoms with Crippen molar-refractivity contribution in [3.05, 3.63) is 11.1 Å². The van der Waals surface area contributed by atoms with Gasteiger partial charge in [-0.15, -0.1) is 0 Å². The summed E-state index contributed by atoms with van der Waals surface area (Å²) in [5.74, 6) is 0. The van der Waals surface area contributed by atoms with E-state index in [1.807, 2.05) is 0 Å². The average Bonchev–Trinajstić information content (AvgIpc) is 2.76. The maximum absolute atomic E-state index is 9.95. The molecule has 2 rings (SSSR count). The highest BCUT2D eigenvalue weighted by molar-refractivity contribution is 7.15. The van der Waals surface area contributed by atoms with Crippen molar-refractivity contribution in [2.75, 3.05) is 31.2 Å². The van der Waals surface area contributed by atoms with Gasteiger partial charge in [0.15, 0.2) is 5.13 Å². The van der Waals surface area contributed by atoms with Crippen LogP contribution >= 0.6 is 11.3 Å². The van der Waals surface area contributed by atoms with Crippen molar-refractivity contribution in [1.82, 2.24) is 4.98 Å². The number of aliphatic imine (C=N–C) groups is 1. The van der Waals surface area contributed by atoms with Crippen molar-refractivity contribution < 1.29 is 9.53 Å². The van der Waals surface area contributed by atoms with Gasteiger partial charge in [-0.05, 0) is 0 Å². The SMILES string of the molecule is O=C=NCc1cnc(N2CCOCC2)s1. The lowest BCUT2D eigenvalue weighted by atomic mass is 10.5. The zero-order valence-corrected chi connectivity index (χ0v) is 9.00. The van der Waals surface area contributed by atoms with E-state index < -0.39 is 0 Å². The summed E-state index contributed by atoms with van der Waals surface area (Å²) in [6, 6.07) is 0. The Labute approximate surface area is 91.4 Å². The molecular formula is C9H11N3O2S. The predicted octanol–water partition coefficient (Wildman–Crippen LogP) is 0.816. The van der Waals surface area contributed by atoms with Crippen LogP contribution in [0.4, 0.5) is 5.13 Å². The zero-order chi connectivity index (χ0) is 10.5. The Bertz CT molecular complexity index is 367. The Morgan fingerprint density at radius 3 is 3.13 bits per heavy atom. The van der Waals surface area contributed by atoms with Crippen LogP contribution in [0.25, 0.3) is 0 Å². The number of isocyanates is 1. The fourth-order valence-corrected chi connectivity index (χ4v) is 2.27. The Morgan fingerprint density at radius 2 is 2.40 bits per heavy atom. The first kappa shape index (κ1) is 10.3. The second-order valence-corrected chi connectivity index (χ2v) is 4.21. The first-order chi connectivity index (χ1) is 7.40. The molecule has 0 amide bonds. The molecule has 0 radical (unpaired) electrons. The van der Waals surface area contributed by atoms with Gasteiger partial charge in [0.1, 0.15) is 0 Å². The van der Waals surface area contributed by atoms with Gasteiger partial charge < -0.3 is 9.64 Å². The van der Waals surface area contributed by atoms with Crippen LogP contribution in [0, 0.1) is 0 Å². The Morgan fingerprint density at radius 1 is 1.60 bits per heavy atom. The largest absolute Gasteiger partial charge is 0.378 e. The highest BCUT2D eigenvalue weighted by Gasteiger charge is 2.14. The Hall–Kier alpha value is -1.23. The number of nitrogens with zero attached hydrogens (tertiary/aromatic N) is 3. The van der Waals surface area contributed by atoms with E-state index in [2.05, 4.69) is 14.9 Å². The molecule has 5 nitrogen and oxygen atoms in total. The summed E-state index contributed by atoms with van der Waals surface area (Å²) in [5.41, 5.74) is 0. The molecule has 0 saturated carbocycles. The summed E-state index contributed by atoms with van der Waals surface area (Å²) < 4.78 is 5.26. The predicted molar refractivity (Wildman–Crippen MR) is 57.0 cm³/mol. The number of morpholine rings is 1. The zero-order valence-electron chi connectivity index (χ0n) is 8.18. The molecule has 1 saturated heterocycles. The van der Waals surface area contributed by atoms with Crippen LogP contribution in [0.1, 0.15) is 4.88 Å². The third-order valence-electron chi connectivity index (χ3n) is 2.12. The second kappa shape index (κ2) is 5.02. The summed E-state index contributed by atoms with van der Waals surface area (Å²) in [7, 11) is 0. The number of carbonyl (C=O) groups excluding carboxylic acids is 1. The van der Waals surface area contributed by atoms with Crippen LogP contribution in [0.15, 0.2) is 11.2 Å². The summed E-state index contributed by atoms with van der Waals surface area (Å²) in [4.78, 5) is 20.9. The molecule has 0 bridgehead atoms. The highest BCUT2D eigenvalue weighted by Crippen LogP contribution is 2.23. The van der Waals surface area contributed by atoms with Gasteiger partial charge in [0.05, 0.1) is 19.8 Å². The van der Waals surface area contributed by atoms with Crippen LogP contribution in [-0.2, 0) is 16.1 Å². The van der Waals surface area contributed by atoms with Crippen LogP contribution < -0.4 is 4.90 Å². The fourth-order valence-electron chi connectivity index (χ4n) is 1.38. The third kappa shape index (κ3) is 2.62. The van der Waals surface area contributed by atoms with Crippen molar-refractivity contribution in [3.63, 3.8) is 0 Å². The quantitative estimate of drug-likeness (QED) is 0.564. The third-order valence-corrected chi connectivity index (χ3v) is 3.17. The molecule has 1 aromatic heterocycles. The number of hydrogen-bond acceptors (Lipinski definition) is 6. The Balaban J connectivity index is 2.01. The van der Waals surface area contributed by atoms with Crippen molar-refractivity contribution >= 4 is 22.5 Å². The second-order valence-electron chi connectivity index (χ2n) is 3.12. The molecule has 1 fully saturated rings. The van der Waals surface area contributed by atoms with Crippen LogP contribution in [0.5, 0.6) is 0 Å². The lowest BCUT2D eigenvalue weighted by molar-refractivity contribution is 0.122. The molecule has 2 heterocycles. The van der Waals surface area contributed by atoms with E-state index in [1.165, 1.54) is 6.08 Å². The van der Waals surface area contributed by atoms with E-state index in [-0.39, 0.29) is 0 Å². The molecule has 1 aromatic rings. The molecule has 80 valence electrons. The lowest BCUT2D eigenvalue weighted by Gasteiger charge is -2.25. The minimum atomic E-state index is 0.380. The fraction of sp³-hybridized carbons (Fsp3) is 0.556. The van der Waals surface area contributed by atoms with Crippen molar-refractivity contribution in [2.45, 2.75) is 6.54 Å². The molecule has 0 unspecified atom stereocenters. The molecular weight excluding hydrogens is 214 g/mol. The lowest BCUT2D eigenvalue weighted by Crippen LogP contribution is -2.36. The summed E-state index contributed by atoms with van der Waals surface area (Å²) in [6.07, 6.45) is 3.29. The van der Waals surface area contributed by atoms with Crippen LogP contribution in [-0.4, -0.2) is 37.4 Å². The van der Waals surface area contributed by atoms with E-state index in [0.29, 0.717) is 6.54 Å². The van der Waals surface area contributed by atoms with E-state index in [9.17, 15) is 4.79 Å². The van der Waals surface area contributed by atoms with E-state index in [4.69, 9.17) is 4.74 Å². The number of anilines is 1. The Kier molecular flexibility index (Phi) is 3.45. The molecule has 0 atom stereocenters. The standard InChI is InChI=1S/C9H11N3O2S/c13-7-10-5-8-6-11-9(15-8)12-1-3-14-4-2-12/h6H,1-5H2. The molecule has 6 heteroatoms. The molecule has 0 spiro atoms. The van der Waals surface area contributed by atoms with Gasteiger partial charge in [-0.2, -0.15) is 0 Å². The monoisotopic (exact) mass is 225 g/mol. The van der Waals surface area contributed by atoms with E-state index >= 15 is 0 Å². The van der Waals surface area contributed by atoms with Crippen molar-refractivity contribution in [2.24, 2.45) is 4.99 Å². The smallest absolute Gasteiger partial charge is 0.235 e. The van der Waals surface area contributed by atoms with Gasteiger partial charge in [-0.25, -0.2) is 14.8 Å². The molecule has 0 aromatic carbocycles. The number of aromatic nitrogens is 1. The summed E-state index contributed by atoms with van der Waals surface area (Å²) in [5, 5.41) is 0.981. The van der Waals surface area contributed by atoms with Gasteiger partial charge in [0.25, 0.3) is 0 Å². The van der Waals surface area contributed by atoms with Gasteiger partial charge in [-0.1, -0.05) is 11.3 Å². The van der Waals surface area contributed by atoms with Gasteiger partial charge in [0.2, 0.25) is 6.08 Å². The van der Waals surface area contributed by atoms with E-state index in [1.54, 1.807) is 17.5 Å². The topological polar surface area (TPSA) is 54.8 Å². The van der Waals surface area contributed by atoms with Crippen molar-refractivity contribution in [1.29, 1.82) is 0 Å². The minimum absolute atomic E-state index is 0.380. The molecule has 0 N–H and O–H groups in total. The normalized spacial score (nSPS) is 16.1. The van der Waals surface area contributed by atoms with Gasteiger partial charge >= 0.3 is 0 Å². The molecule has 1 aliphatic rings. The molecule has 0 aliphatic carbocycles. The molecule has 15 heavy (non-hydrogen) atoms. The van der Waals surface area contributed by atoms with Crippen LogP contribution in [0.2, 0.25) is 0 Å². The van der Waals surface area contributed by atoms with Gasteiger partial charge in [0, 0.05) is 24.2 Å². The van der Waals surface area contributed by atoms with Crippen LogP contribution in [0.3, 0.4) is 0 Å². The maximum atomic E-state index is 9.95. The average molecular weight is 225 g/mol. The first-order valence-electron chi connectivity index (χ1n) is 4.71. The molecule has 1 aliphatic heterocycles. The van der Waals surface area contributed by atoms with E-state index in [0.717, 1.165) is 36.3 Å². The number of ether oxygens (including phenoxy) is 1. The number of thiazole rings is 1. The van der Waals surface area contributed by atoms with Crippen molar-refractivity contribution in [3.8, 4) is 0 Å². The first-order valence-corrected chi connectivity index (χ1v) is 5.53. The summed E-state index contributed by atoms with van der Waals surface area (Å²) >= 11 is 1.57. The highest BCUT2D eigenvalue weighted by atomic mass is 32.1. The number of rotatable bonds is 3.